The van der Waals surface area contributed by atoms with Crippen LogP contribution in [0.3, 0.4) is 0 Å². The Morgan fingerprint density at radius 3 is 1.72 bits per heavy atom. The van der Waals surface area contributed by atoms with Gasteiger partial charge in [-0.1, -0.05) is 11.6 Å². The highest BCUT2D eigenvalue weighted by Crippen LogP contribution is 2.38. The Labute approximate surface area is 423 Å². The van der Waals surface area contributed by atoms with Crippen molar-refractivity contribution in [3.63, 3.8) is 0 Å². The third-order valence-corrected chi connectivity index (χ3v) is 13.1. The molecule has 0 amide bonds. The Balaban J connectivity index is 0.000000162. The van der Waals surface area contributed by atoms with E-state index >= 15 is 0 Å². The number of aliphatic imine (C=N–C) groups is 1. The number of anilines is 5. The predicted octanol–water partition coefficient (Wildman–Crippen LogP) is 5.85. The minimum Gasteiger partial charge on any atom is -0.399 e. The van der Waals surface area contributed by atoms with Crippen LogP contribution in [0.2, 0.25) is 5.15 Å². The number of nitrogens with two attached hydrogens (primary N) is 1. The number of morpholine rings is 4. The van der Waals surface area contributed by atoms with Crippen LogP contribution in [0.25, 0.3) is 11.3 Å². The molecule has 5 saturated heterocycles. The molecule has 2 N–H and O–H groups in total. The van der Waals surface area contributed by atoms with Gasteiger partial charge in [0.2, 0.25) is 11.9 Å². The number of pyridine rings is 2. The molecule has 392 valence electrons. The zero-order valence-electron chi connectivity index (χ0n) is 42.1. The molecule has 72 heavy (non-hydrogen) atoms. The van der Waals surface area contributed by atoms with Gasteiger partial charge in [-0.25, -0.2) is 42.5 Å². The standard InChI is InChI=1S/C19H24F2N6O2.C15H22BF2N3O2.C13H19ClN4O2/c1-12-11-29-7-4-27(12)19-24-15(9-17(25-19)26-2-5-28-6-3-26)14-10-23-16(22)8-13(14)18(20)21;1-14(2)15(3,4)23-16(22-14)11-8-19-12(20-9-21(5)6)7-10(11)13(17)18;1-10-9-20-7-4-18(10)13-15-11(14)8-12(16-13)17-2-5-19-6-3-17/h8-10,12,18H,2-7,11H2,1H3,(H2,22,23);7-9,13H,1-6H3;8,10H,2-7,9H2,1H3/t12-;;10-/m0.0/s1. The molecule has 0 radical (unpaired) electrons. The van der Waals surface area contributed by atoms with Gasteiger partial charge < -0.3 is 58.5 Å². The van der Waals surface area contributed by atoms with Gasteiger partial charge in [-0.15, -0.1) is 0 Å². The molecule has 2 atom stereocenters. The molecule has 19 nitrogen and oxygen atoms in total. The van der Waals surface area contributed by atoms with Crippen LogP contribution >= 0.6 is 11.6 Å². The number of ether oxygens (including phenoxy) is 4. The number of hydrogen-bond donors (Lipinski definition) is 1. The van der Waals surface area contributed by atoms with Crippen molar-refractivity contribution in [2.75, 3.05) is 132 Å². The summed E-state index contributed by atoms with van der Waals surface area (Å²) in [5.74, 6) is 3.01. The number of rotatable bonds is 10. The molecule has 0 unspecified atom stereocenters. The third kappa shape index (κ3) is 13.7. The number of hydrogen-bond acceptors (Lipinski definition) is 18. The van der Waals surface area contributed by atoms with E-state index in [2.05, 4.69) is 51.5 Å². The maximum Gasteiger partial charge on any atom is 0.496 e. The van der Waals surface area contributed by atoms with Gasteiger partial charge in [0.05, 0.1) is 88.2 Å². The van der Waals surface area contributed by atoms with Gasteiger partial charge in [-0.05, 0) is 53.7 Å². The van der Waals surface area contributed by atoms with Gasteiger partial charge in [0, 0.05) is 100 Å². The van der Waals surface area contributed by atoms with E-state index in [1.807, 2.05) is 45.6 Å². The zero-order valence-corrected chi connectivity index (χ0v) is 42.9. The zero-order chi connectivity index (χ0) is 51.7. The highest BCUT2D eigenvalue weighted by atomic mass is 35.5. The first-order valence-corrected chi connectivity index (χ1v) is 24.3. The van der Waals surface area contributed by atoms with Crippen LogP contribution in [0.15, 0.2) is 41.7 Å². The first-order chi connectivity index (χ1) is 34.3. The molecule has 4 aromatic heterocycles. The van der Waals surface area contributed by atoms with Crippen molar-refractivity contribution >= 4 is 65.7 Å². The molecule has 0 aromatic carbocycles. The largest absolute Gasteiger partial charge is 0.496 e. The first-order valence-electron chi connectivity index (χ1n) is 24.0. The second-order valence-electron chi connectivity index (χ2n) is 19.0. The molecule has 5 fully saturated rings. The third-order valence-electron chi connectivity index (χ3n) is 12.9. The van der Waals surface area contributed by atoms with Gasteiger partial charge in [-0.3, -0.25) is 0 Å². The molecular formula is C47H65BClF4N13O6. The van der Waals surface area contributed by atoms with Crippen molar-refractivity contribution in [3.05, 3.63) is 52.9 Å². The minimum atomic E-state index is -2.69. The molecule has 0 bridgehead atoms. The fourth-order valence-corrected chi connectivity index (χ4v) is 8.30. The van der Waals surface area contributed by atoms with E-state index < -0.39 is 31.2 Å². The lowest BCUT2D eigenvalue weighted by Crippen LogP contribution is -2.45. The molecule has 0 saturated carbocycles. The Hall–Kier alpha value is -5.24. The monoisotopic (exact) mass is 1030 g/mol. The smallest absolute Gasteiger partial charge is 0.399 e. The highest BCUT2D eigenvalue weighted by molar-refractivity contribution is 6.62. The molecule has 0 spiro atoms. The maximum atomic E-state index is 13.7. The summed E-state index contributed by atoms with van der Waals surface area (Å²) in [6.45, 7) is 21.3. The summed E-state index contributed by atoms with van der Waals surface area (Å²) in [6.07, 6.45) is -1.14. The molecule has 25 heteroatoms. The Kier molecular flexibility index (Phi) is 18.3. The van der Waals surface area contributed by atoms with E-state index in [4.69, 9.17) is 50.6 Å². The van der Waals surface area contributed by atoms with Crippen LogP contribution < -0.4 is 30.8 Å². The lowest BCUT2D eigenvalue weighted by Gasteiger charge is -2.35. The summed E-state index contributed by atoms with van der Waals surface area (Å²) in [4.78, 5) is 40.8. The van der Waals surface area contributed by atoms with E-state index in [0.717, 1.165) is 38.7 Å². The van der Waals surface area contributed by atoms with E-state index in [9.17, 15) is 17.6 Å². The Morgan fingerprint density at radius 2 is 1.21 bits per heavy atom. The molecule has 9 heterocycles. The van der Waals surface area contributed by atoms with Crippen LogP contribution in [-0.2, 0) is 28.3 Å². The summed E-state index contributed by atoms with van der Waals surface area (Å²) in [5, 5.41) is 0.482. The average molecular weight is 1030 g/mol. The minimum absolute atomic E-state index is 0.0496. The summed E-state index contributed by atoms with van der Waals surface area (Å²) in [5.41, 5.74) is 4.97. The van der Waals surface area contributed by atoms with Crippen LogP contribution in [0.5, 0.6) is 0 Å². The quantitative estimate of drug-likeness (QED) is 0.0655. The number of alkyl halides is 4. The Morgan fingerprint density at radius 1 is 0.694 bits per heavy atom. The van der Waals surface area contributed by atoms with Gasteiger partial charge in [0.1, 0.15) is 22.6 Å². The van der Waals surface area contributed by atoms with Crippen molar-refractivity contribution in [3.8, 4) is 11.3 Å². The predicted molar refractivity (Wildman–Crippen MR) is 270 cm³/mol. The highest BCUT2D eigenvalue weighted by Gasteiger charge is 2.52. The van der Waals surface area contributed by atoms with Gasteiger partial charge in [-0.2, -0.15) is 9.97 Å². The Bertz CT molecular complexity index is 2440. The molecule has 9 rings (SSSR count). The van der Waals surface area contributed by atoms with Crippen molar-refractivity contribution in [1.29, 1.82) is 0 Å². The van der Waals surface area contributed by atoms with Crippen LogP contribution in [0, 0.1) is 0 Å². The fourth-order valence-electron chi connectivity index (χ4n) is 8.12. The summed E-state index contributed by atoms with van der Waals surface area (Å²) >= 11 is 6.17. The molecule has 5 aliphatic heterocycles. The summed E-state index contributed by atoms with van der Waals surface area (Å²) < 4.78 is 87.7. The van der Waals surface area contributed by atoms with Crippen LogP contribution in [0.1, 0.15) is 65.5 Å². The van der Waals surface area contributed by atoms with E-state index in [-0.39, 0.29) is 45.9 Å². The van der Waals surface area contributed by atoms with Crippen molar-refractivity contribution in [2.24, 2.45) is 4.99 Å². The second kappa shape index (κ2) is 24.2. The van der Waals surface area contributed by atoms with E-state index in [1.54, 1.807) is 25.1 Å². The fraction of sp³-hybridized carbons (Fsp3) is 0.596. The van der Waals surface area contributed by atoms with Gasteiger partial charge >= 0.3 is 7.12 Å². The average Bonchev–Trinajstić information content (AvgIpc) is 3.59. The summed E-state index contributed by atoms with van der Waals surface area (Å²) in [6, 6.07) is 6.37. The van der Waals surface area contributed by atoms with Crippen molar-refractivity contribution in [1.82, 2.24) is 34.8 Å². The van der Waals surface area contributed by atoms with E-state index in [1.165, 1.54) is 30.9 Å². The number of halogens is 5. The lowest BCUT2D eigenvalue weighted by atomic mass is 9.77. The topological polar surface area (TPSA) is 187 Å². The normalized spacial score (nSPS) is 21.2. The number of aromatic nitrogens is 6. The van der Waals surface area contributed by atoms with Gasteiger partial charge in [0.15, 0.2) is 5.82 Å². The SMILES string of the molecule is CN(C)C=Nc1cc(C(F)F)c(B2OC(C)(C)C(C)(C)O2)cn1.C[C@H]1COCCN1c1nc(-c2cnc(N)cc2C(F)F)cc(N2CCOCC2)n1.C[C@H]1COCCN1c1nc(Cl)cc(N2CCOCC2)n1. The van der Waals surface area contributed by atoms with Crippen molar-refractivity contribution < 1.29 is 45.8 Å². The molecule has 0 aliphatic carbocycles. The summed E-state index contributed by atoms with van der Waals surface area (Å²) in [7, 11) is 2.70. The maximum absolute atomic E-state index is 13.7. The van der Waals surface area contributed by atoms with Gasteiger partial charge in [0.25, 0.3) is 12.9 Å². The lowest BCUT2D eigenvalue weighted by molar-refractivity contribution is 0.00578. The van der Waals surface area contributed by atoms with Crippen LogP contribution in [0.4, 0.5) is 52.7 Å². The van der Waals surface area contributed by atoms with E-state index in [0.29, 0.717) is 87.8 Å². The molecular weight excluding hydrogens is 965 g/mol. The number of nitrogen functional groups attached to an aromatic ring is 1. The molecule has 5 aliphatic rings. The number of nitrogens with zero attached hydrogens (tertiary/aromatic N) is 12. The van der Waals surface area contributed by atoms with Crippen molar-refractivity contribution in [2.45, 2.75) is 77.7 Å². The van der Waals surface area contributed by atoms with Crippen LogP contribution in [-0.4, -0.2) is 178 Å². The first kappa shape index (κ1) is 54.5. The molecule has 4 aromatic rings. The second-order valence-corrected chi connectivity index (χ2v) is 19.3.